The number of nitrogens with zero attached hydrogens (tertiary/aromatic N) is 5. The Bertz CT molecular complexity index is 1070. The normalized spacial score (nSPS) is 16.4. The Balaban J connectivity index is 1.18. The van der Waals surface area contributed by atoms with Gasteiger partial charge < -0.3 is 15.5 Å². The van der Waals surface area contributed by atoms with Crippen LogP contribution in [0.5, 0.6) is 0 Å². The summed E-state index contributed by atoms with van der Waals surface area (Å²) in [5.74, 6) is 1.08. The third-order valence-corrected chi connectivity index (χ3v) is 6.19. The van der Waals surface area contributed by atoms with E-state index in [4.69, 9.17) is 0 Å². The number of hydrogen-bond acceptors (Lipinski definition) is 5. The summed E-state index contributed by atoms with van der Waals surface area (Å²) in [5, 5.41) is 17.6. The molecule has 1 fully saturated rings. The second kappa shape index (κ2) is 11.7. The van der Waals surface area contributed by atoms with Crippen LogP contribution in [0.25, 0.3) is 11.4 Å². The van der Waals surface area contributed by atoms with Gasteiger partial charge in [-0.05, 0) is 91.9 Å². The monoisotopic (exact) mass is 465 g/mol. The lowest BCUT2D eigenvalue weighted by Gasteiger charge is -2.32. The van der Waals surface area contributed by atoms with Crippen LogP contribution in [0.3, 0.4) is 0 Å². The van der Waals surface area contributed by atoms with Crippen molar-refractivity contribution in [2.75, 3.05) is 31.5 Å². The molecule has 0 radical (unpaired) electrons. The first-order valence-electron chi connectivity index (χ1n) is 12.0. The fourth-order valence-electron chi connectivity index (χ4n) is 4.52. The van der Waals surface area contributed by atoms with Crippen LogP contribution in [0.1, 0.15) is 31.7 Å². The van der Waals surface area contributed by atoms with Crippen molar-refractivity contribution in [3.05, 3.63) is 59.9 Å². The summed E-state index contributed by atoms with van der Waals surface area (Å²) in [6, 6.07) is 14.1. The number of aromatic nitrogens is 4. The van der Waals surface area contributed by atoms with Gasteiger partial charge in [0.25, 0.3) is 0 Å². The van der Waals surface area contributed by atoms with Crippen LogP contribution < -0.4 is 10.6 Å². The molecule has 2 amide bonds. The molecule has 34 heavy (non-hydrogen) atoms. The minimum Gasteiger partial charge on any atom is -0.338 e. The summed E-state index contributed by atoms with van der Waals surface area (Å²) in [5.41, 5.74) is 2.74. The molecule has 4 rings (SSSR count). The van der Waals surface area contributed by atoms with E-state index in [0.717, 1.165) is 38.0 Å². The zero-order chi connectivity index (χ0) is 23.8. The van der Waals surface area contributed by atoms with Crippen molar-refractivity contribution in [2.45, 2.75) is 39.2 Å². The van der Waals surface area contributed by atoms with E-state index in [2.05, 4.69) is 31.1 Å². The molecule has 1 aliphatic rings. The van der Waals surface area contributed by atoms with Gasteiger partial charge >= 0.3 is 6.03 Å². The molecule has 1 aliphatic heterocycles. The smallest absolute Gasteiger partial charge is 0.319 e. The Hall–Kier alpha value is -3.33. The SMILES string of the molecule is CCn1nnnc1-c1cccc(NC(=O)NCCCN2CCCC(Cc3ccc(F)cc3)C2)c1. The van der Waals surface area contributed by atoms with Crippen molar-refractivity contribution in [3.63, 3.8) is 0 Å². The quantitative estimate of drug-likeness (QED) is 0.467. The number of piperidine rings is 1. The van der Waals surface area contributed by atoms with Gasteiger partial charge in [0, 0.05) is 30.9 Å². The number of aryl methyl sites for hydroxylation is 1. The molecule has 2 aromatic carbocycles. The van der Waals surface area contributed by atoms with Crippen molar-refractivity contribution in [2.24, 2.45) is 5.92 Å². The van der Waals surface area contributed by atoms with Gasteiger partial charge in [-0.15, -0.1) is 5.10 Å². The second-order valence-corrected chi connectivity index (χ2v) is 8.77. The van der Waals surface area contributed by atoms with Gasteiger partial charge in [0.1, 0.15) is 5.82 Å². The highest BCUT2D eigenvalue weighted by Crippen LogP contribution is 2.22. The summed E-state index contributed by atoms with van der Waals surface area (Å²) in [7, 11) is 0. The molecule has 0 spiro atoms. The van der Waals surface area contributed by atoms with Crippen molar-refractivity contribution < 1.29 is 9.18 Å². The molecule has 2 N–H and O–H groups in total. The highest BCUT2D eigenvalue weighted by atomic mass is 19.1. The number of carbonyl (C=O) groups excluding carboxylic acids is 1. The van der Waals surface area contributed by atoms with Crippen molar-refractivity contribution >= 4 is 11.7 Å². The molecule has 1 aromatic heterocycles. The maximum atomic E-state index is 13.1. The minimum absolute atomic E-state index is 0.184. The van der Waals surface area contributed by atoms with Crippen molar-refractivity contribution in [3.8, 4) is 11.4 Å². The number of rotatable bonds is 9. The number of likely N-dealkylation sites (tertiary alicyclic amines) is 1. The van der Waals surface area contributed by atoms with Gasteiger partial charge in [0.15, 0.2) is 5.82 Å². The Morgan fingerprint density at radius 1 is 1.21 bits per heavy atom. The number of urea groups is 1. The number of anilines is 1. The Morgan fingerprint density at radius 2 is 2.06 bits per heavy atom. The van der Waals surface area contributed by atoms with E-state index in [1.54, 1.807) is 4.68 Å². The molecular formula is C25H32FN7O. The van der Waals surface area contributed by atoms with Gasteiger partial charge in [-0.2, -0.15) is 0 Å². The average Bonchev–Trinajstić information content (AvgIpc) is 3.33. The third-order valence-electron chi connectivity index (χ3n) is 6.19. The Morgan fingerprint density at radius 3 is 2.88 bits per heavy atom. The van der Waals surface area contributed by atoms with E-state index in [9.17, 15) is 9.18 Å². The molecule has 0 saturated carbocycles. The van der Waals surface area contributed by atoms with Crippen LogP contribution in [0.2, 0.25) is 0 Å². The van der Waals surface area contributed by atoms with Crippen molar-refractivity contribution in [1.29, 1.82) is 0 Å². The molecule has 1 unspecified atom stereocenters. The zero-order valence-corrected chi connectivity index (χ0v) is 19.6. The van der Waals surface area contributed by atoms with Crippen LogP contribution in [-0.2, 0) is 13.0 Å². The maximum absolute atomic E-state index is 13.1. The number of tetrazole rings is 1. The number of hydrogen-bond donors (Lipinski definition) is 2. The van der Waals surface area contributed by atoms with E-state index in [1.807, 2.05) is 43.3 Å². The predicted octanol–water partition coefficient (Wildman–Crippen LogP) is 3.97. The molecule has 9 heteroatoms. The summed E-state index contributed by atoms with van der Waals surface area (Å²) >= 11 is 0. The third kappa shape index (κ3) is 6.60. The first-order chi connectivity index (χ1) is 16.6. The summed E-state index contributed by atoms with van der Waals surface area (Å²) in [4.78, 5) is 14.8. The van der Waals surface area contributed by atoms with Crippen LogP contribution >= 0.6 is 0 Å². The van der Waals surface area contributed by atoms with Crippen LogP contribution in [0.15, 0.2) is 48.5 Å². The number of carbonyl (C=O) groups is 1. The number of nitrogens with one attached hydrogen (secondary N) is 2. The topological polar surface area (TPSA) is 88.0 Å². The van der Waals surface area contributed by atoms with E-state index < -0.39 is 0 Å². The lowest BCUT2D eigenvalue weighted by Crippen LogP contribution is -2.38. The van der Waals surface area contributed by atoms with Gasteiger partial charge in [-0.3, -0.25) is 0 Å². The number of benzene rings is 2. The molecule has 8 nitrogen and oxygen atoms in total. The first kappa shape index (κ1) is 23.8. The zero-order valence-electron chi connectivity index (χ0n) is 19.6. The lowest BCUT2D eigenvalue weighted by molar-refractivity contribution is 0.172. The second-order valence-electron chi connectivity index (χ2n) is 8.77. The largest absolute Gasteiger partial charge is 0.338 e. The highest BCUT2D eigenvalue weighted by molar-refractivity contribution is 5.89. The molecule has 0 aliphatic carbocycles. The summed E-state index contributed by atoms with van der Waals surface area (Å²) in [6.45, 7) is 6.35. The van der Waals surface area contributed by atoms with E-state index in [0.29, 0.717) is 30.5 Å². The van der Waals surface area contributed by atoms with Crippen LogP contribution in [0, 0.1) is 11.7 Å². The van der Waals surface area contributed by atoms with Gasteiger partial charge in [0.05, 0.1) is 0 Å². The van der Waals surface area contributed by atoms with Crippen LogP contribution in [-0.4, -0.2) is 57.3 Å². The molecule has 0 bridgehead atoms. The Labute approximate surface area is 199 Å². The van der Waals surface area contributed by atoms with E-state index in [1.165, 1.54) is 30.5 Å². The molecule has 1 saturated heterocycles. The fraction of sp³-hybridized carbons (Fsp3) is 0.440. The van der Waals surface area contributed by atoms with Crippen molar-refractivity contribution in [1.82, 2.24) is 30.4 Å². The lowest BCUT2D eigenvalue weighted by atomic mass is 9.91. The standard InChI is InChI=1S/C25H32FN7O/c1-2-33-24(29-30-31-33)21-7-3-8-23(17-21)28-25(34)27-13-5-15-32-14-4-6-20(18-32)16-19-9-11-22(26)12-10-19/h3,7-12,17,20H,2,4-6,13-16,18H2,1H3,(H2,27,28,34). The first-order valence-corrected chi connectivity index (χ1v) is 12.0. The minimum atomic E-state index is -0.222. The molecule has 180 valence electrons. The summed E-state index contributed by atoms with van der Waals surface area (Å²) in [6.07, 6.45) is 4.26. The molecular weight excluding hydrogens is 433 g/mol. The molecule has 1 atom stereocenters. The van der Waals surface area contributed by atoms with Gasteiger partial charge in [0.2, 0.25) is 0 Å². The molecule has 3 aromatic rings. The number of halogens is 1. The number of amides is 2. The highest BCUT2D eigenvalue weighted by Gasteiger charge is 2.20. The Kier molecular flexibility index (Phi) is 8.19. The molecule has 2 heterocycles. The summed E-state index contributed by atoms with van der Waals surface area (Å²) < 4.78 is 14.8. The van der Waals surface area contributed by atoms with Gasteiger partial charge in [-0.25, -0.2) is 13.9 Å². The van der Waals surface area contributed by atoms with E-state index in [-0.39, 0.29) is 11.8 Å². The average molecular weight is 466 g/mol. The van der Waals surface area contributed by atoms with Gasteiger partial charge in [-0.1, -0.05) is 24.3 Å². The maximum Gasteiger partial charge on any atom is 0.319 e. The fourth-order valence-corrected chi connectivity index (χ4v) is 4.52. The predicted molar refractivity (Wildman–Crippen MR) is 130 cm³/mol. The van der Waals surface area contributed by atoms with E-state index >= 15 is 0 Å². The van der Waals surface area contributed by atoms with Crippen LogP contribution in [0.4, 0.5) is 14.9 Å².